The molecule has 2 heterocycles. The van der Waals surface area contributed by atoms with Gasteiger partial charge in [0.2, 0.25) is 11.8 Å². The zero-order chi connectivity index (χ0) is 20.1. The molecule has 0 unspecified atom stereocenters. The molecule has 0 atom stereocenters. The minimum atomic E-state index is -0.491. The third-order valence-electron chi connectivity index (χ3n) is 5.14. The van der Waals surface area contributed by atoms with Crippen molar-refractivity contribution < 1.29 is 23.8 Å². The molecule has 2 aliphatic rings. The Bertz CT molecular complexity index is 690. The Morgan fingerprint density at radius 1 is 1.18 bits per heavy atom. The third kappa shape index (κ3) is 4.83. The summed E-state index contributed by atoms with van der Waals surface area (Å²) in [6, 6.07) is 7.44. The number of para-hydroxylation sites is 2. The van der Waals surface area contributed by atoms with Gasteiger partial charge in [-0.3, -0.25) is 9.59 Å². The lowest BCUT2D eigenvalue weighted by atomic mass is 10.0. The van der Waals surface area contributed by atoms with Crippen LogP contribution in [-0.2, 0) is 19.1 Å². The number of hydrogen-bond acceptors (Lipinski definition) is 5. The molecule has 2 saturated heterocycles. The molecule has 0 radical (unpaired) electrons. The number of carbonyl (C=O) groups excluding carboxylic acids is 2. The molecule has 7 heteroatoms. The second-order valence-electron chi connectivity index (χ2n) is 7.54. The molecular formula is C21H30N2O5. The van der Waals surface area contributed by atoms with Crippen LogP contribution in [0.5, 0.6) is 5.75 Å². The summed E-state index contributed by atoms with van der Waals surface area (Å²) in [6.45, 7) is 8.20. The van der Waals surface area contributed by atoms with Crippen molar-refractivity contribution in [3.05, 3.63) is 24.3 Å². The van der Waals surface area contributed by atoms with Gasteiger partial charge in [0, 0.05) is 45.8 Å². The Morgan fingerprint density at radius 2 is 1.82 bits per heavy atom. The number of likely N-dealkylation sites (tertiary alicyclic amines) is 1. The summed E-state index contributed by atoms with van der Waals surface area (Å²) in [5.41, 5.74) is 0.696. The van der Waals surface area contributed by atoms with Crippen molar-refractivity contribution in [3.63, 3.8) is 0 Å². The van der Waals surface area contributed by atoms with Crippen molar-refractivity contribution in [1.82, 2.24) is 4.90 Å². The molecule has 2 aliphatic heterocycles. The number of carbonyl (C=O) groups is 2. The molecule has 154 valence electrons. The first kappa shape index (κ1) is 20.6. The molecule has 0 bridgehead atoms. The largest absolute Gasteiger partial charge is 0.489 e. The van der Waals surface area contributed by atoms with Gasteiger partial charge in [0.25, 0.3) is 0 Å². The molecule has 2 amide bonds. The molecule has 0 N–H and O–H groups in total. The molecule has 28 heavy (non-hydrogen) atoms. The normalized spacial score (nSPS) is 18.5. The molecule has 0 aliphatic carbocycles. The van der Waals surface area contributed by atoms with Crippen LogP contribution in [0.3, 0.4) is 0 Å². The lowest BCUT2D eigenvalue weighted by molar-refractivity contribution is -0.187. The highest BCUT2D eigenvalue weighted by molar-refractivity contribution is 5.93. The van der Waals surface area contributed by atoms with Crippen LogP contribution in [0.2, 0.25) is 0 Å². The minimum Gasteiger partial charge on any atom is -0.489 e. The molecule has 1 aromatic carbocycles. The molecule has 1 spiro atoms. The lowest BCUT2D eigenvalue weighted by Gasteiger charge is -2.37. The zero-order valence-electron chi connectivity index (χ0n) is 17.0. The van der Waals surface area contributed by atoms with E-state index in [-0.39, 0.29) is 24.3 Å². The van der Waals surface area contributed by atoms with Gasteiger partial charge in [-0.2, -0.15) is 0 Å². The van der Waals surface area contributed by atoms with E-state index in [9.17, 15) is 9.59 Å². The van der Waals surface area contributed by atoms with Gasteiger partial charge in [0.1, 0.15) is 5.75 Å². The summed E-state index contributed by atoms with van der Waals surface area (Å²) in [5.74, 6) is 0.0879. The van der Waals surface area contributed by atoms with E-state index >= 15 is 0 Å². The van der Waals surface area contributed by atoms with Gasteiger partial charge in [-0.1, -0.05) is 12.1 Å². The van der Waals surface area contributed by atoms with Crippen molar-refractivity contribution in [3.8, 4) is 5.75 Å². The standard InChI is InChI=1S/C21H30N2O5/c1-16(2)28-19-7-5-4-6-18(19)23(17(3)24)11-8-20(25)22-12-9-21(10-13-22)26-14-15-27-21/h4-7,16H,8-15H2,1-3H3. The number of ether oxygens (including phenoxy) is 3. The van der Waals surface area contributed by atoms with E-state index in [1.807, 2.05) is 43.0 Å². The summed E-state index contributed by atoms with van der Waals surface area (Å²) >= 11 is 0. The first-order valence-corrected chi connectivity index (χ1v) is 10.00. The first-order chi connectivity index (χ1) is 13.4. The quantitative estimate of drug-likeness (QED) is 0.747. The van der Waals surface area contributed by atoms with Crippen molar-refractivity contribution in [1.29, 1.82) is 0 Å². The maximum absolute atomic E-state index is 12.7. The minimum absolute atomic E-state index is 0.00251. The van der Waals surface area contributed by atoms with Crippen LogP contribution in [0.15, 0.2) is 24.3 Å². The van der Waals surface area contributed by atoms with Gasteiger partial charge in [0.15, 0.2) is 5.79 Å². The maximum atomic E-state index is 12.7. The Balaban J connectivity index is 1.60. The monoisotopic (exact) mass is 390 g/mol. The predicted molar refractivity (Wildman–Crippen MR) is 105 cm³/mol. The number of rotatable bonds is 6. The third-order valence-corrected chi connectivity index (χ3v) is 5.14. The summed E-state index contributed by atoms with van der Waals surface area (Å²) in [7, 11) is 0. The van der Waals surface area contributed by atoms with E-state index in [0.717, 1.165) is 0 Å². The van der Waals surface area contributed by atoms with Crippen LogP contribution in [0, 0.1) is 0 Å². The predicted octanol–water partition coefficient (Wildman–Crippen LogP) is 2.58. The van der Waals surface area contributed by atoms with Crippen LogP contribution in [0.1, 0.15) is 40.0 Å². The van der Waals surface area contributed by atoms with Gasteiger partial charge < -0.3 is 24.0 Å². The van der Waals surface area contributed by atoms with Crippen LogP contribution >= 0.6 is 0 Å². The lowest BCUT2D eigenvalue weighted by Crippen LogP contribution is -2.48. The van der Waals surface area contributed by atoms with Crippen molar-refractivity contribution in [2.24, 2.45) is 0 Å². The Morgan fingerprint density at radius 3 is 2.43 bits per heavy atom. The second kappa shape index (κ2) is 8.92. The van der Waals surface area contributed by atoms with E-state index in [0.29, 0.717) is 57.1 Å². The fourth-order valence-corrected chi connectivity index (χ4v) is 3.73. The van der Waals surface area contributed by atoms with E-state index in [1.54, 1.807) is 4.90 Å². The van der Waals surface area contributed by atoms with Gasteiger partial charge in [-0.15, -0.1) is 0 Å². The van der Waals surface area contributed by atoms with Crippen molar-refractivity contribution in [2.45, 2.75) is 51.9 Å². The molecule has 1 aromatic rings. The fraction of sp³-hybridized carbons (Fsp3) is 0.619. The smallest absolute Gasteiger partial charge is 0.224 e. The van der Waals surface area contributed by atoms with Gasteiger partial charge >= 0.3 is 0 Å². The van der Waals surface area contributed by atoms with Gasteiger partial charge in [-0.25, -0.2) is 0 Å². The summed E-state index contributed by atoms with van der Waals surface area (Å²) in [6.07, 6.45) is 1.65. The number of nitrogens with zero attached hydrogens (tertiary/aromatic N) is 2. The SMILES string of the molecule is CC(=O)N(CCC(=O)N1CCC2(CC1)OCCO2)c1ccccc1OC(C)C. The van der Waals surface area contributed by atoms with E-state index < -0.39 is 5.79 Å². The van der Waals surface area contributed by atoms with E-state index in [4.69, 9.17) is 14.2 Å². The van der Waals surface area contributed by atoms with Crippen LogP contribution in [-0.4, -0.2) is 61.5 Å². The number of anilines is 1. The number of amides is 2. The van der Waals surface area contributed by atoms with Gasteiger partial charge in [0.05, 0.1) is 25.0 Å². The highest BCUT2D eigenvalue weighted by Gasteiger charge is 2.40. The molecule has 3 rings (SSSR count). The molecule has 0 saturated carbocycles. The average molecular weight is 390 g/mol. The topological polar surface area (TPSA) is 68.3 Å². The van der Waals surface area contributed by atoms with Crippen LogP contribution in [0.4, 0.5) is 5.69 Å². The fourth-order valence-electron chi connectivity index (χ4n) is 3.73. The van der Waals surface area contributed by atoms with Crippen LogP contribution < -0.4 is 9.64 Å². The number of benzene rings is 1. The highest BCUT2D eigenvalue weighted by Crippen LogP contribution is 2.32. The molecule has 7 nitrogen and oxygen atoms in total. The van der Waals surface area contributed by atoms with E-state index in [2.05, 4.69) is 0 Å². The van der Waals surface area contributed by atoms with Gasteiger partial charge in [-0.05, 0) is 26.0 Å². The van der Waals surface area contributed by atoms with Crippen molar-refractivity contribution >= 4 is 17.5 Å². The second-order valence-corrected chi connectivity index (χ2v) is 7.54. The zero-order valence-corrected chi connectivity index (χ0v) is 17.0. The molecular weight excluding hydrogens is 360 g/mol. The van der Waals surface area contributed by atoms with Crippen LogP contribution in [0.25, 0.3) is 0 Å². The highest BCUT2D eigenvalue weighted by atomic mass is 16.7. The first-order valence-electron chi connectivity index (χ1n) is 10.00. The number of hydrogen-bond donors (Lipinski definition) is 0. The number of piperidine rings is 1. The Labute approximate surface area is 166 Å². The van der Waals surface area contributed by atoms with E-state index in [1.165, 1.54) is 6.92 Å². The molecule has 2 fully saturated rings. The summed E-state index contributed by atoms with van der Waals surface area (Å²) in [5, 5.41) is 0. The summed E-state index contributed by atoms with van der Waals surface area (Å²) < 4.78 is 17.3. The summed E-state index contributed by atoms with van der Waals surface area (Å²) in [4.78, 5) is 28.4. The Hall–Kier alpha value is -2.12. The molecule has 0 aromatic heterocycles. The van der Waals surface area contributed by atoms with Crippen molar-refractivity contribution in [2.75, 3.05) is 37.7 Å². The maximum Gasteiger partial charge on any atom is 0.224 e. The Kier molecular flexibility index (Phi) is 6.57. The average Bonchev–Trinajstić information content (AvgIpc) is 3.11.